The van der Waals surface area contributed by atoms with Gasteiger partial charge in [0.1, 0.15) is 5.75 Å². The van der Waals surface area contributed by atoms with Gasteiger partial charge in [-0.1, -0.05) is 26.2 Å². The number of amides is 1. The first-order valence-electron chi connectivity index (χ1n) is 9.41. The standard InChI is InChI=1S/C19H30N2O4S/c1-4-21(14-19(22)20-16-9-7-6-8-10-16)26(23,24)17-11-12-18(25-5-2)15(3)13-17/h11-13,16H,4-10,14H2,1-3H3,(H,20,22). The molecule has 1 aromatic carbocycles. The Hall–Kier alpha value is -1.60. The fourth-order valence-corrected chi connectivity index (χ4v) is 4.79. The van der Waals surface area contributed by atoms with Crippen molar-refractivity contribution in [3.05, 3.63) is 23.8 Å². The number of carbonyl (C=O) groups is 1. The van der Waals surface area contributed by atoms with E-state index in [1.165, 1.54) is 16.8 Å². The molecule has 0 spiro atoms. The average molecular weight is 383 g/mol. The van der Waals surface area contributed by atoms with Crippen LogP contribution in [0.1, 0.15) is 51.5 Å². The Balaban J connectivity index is 2.09. The van der Waals surface area contributed by atoms with Gasteiger partial charge in [-0.2, -0.15) is 4.31 Å². The van der Waals surface area contributed by atoms with Crippen LogP contribution in [0, 0.1) is 6.92 Å². The number of hydrogen-bond donors (Lipinski definition) is 1. The summed E-state index contributed by atoms with van der Waals surface area (Å²) in [6.45, 7) is 6.06. The van der Waals surface area contributed by atoms with E-state index >= 15 is 0 Å². The average Bonchev–Trinajstić information content (AvgIpc) is 2.62. The molecule has 0 saturated heterocycles. The van der Waals surface area contributed by atoms with E-state index in [1.54, 1.807) is 19.1 Å². The van der Waals surface area contributed by atoms with Gasteiger partial charge in [0, 0.05) is 12.6 Å². The third kappa shape index (κ3) is 5.20. The van der Waals surface area contributed by atoms with Crippen molar-refractivity contribution in [3.8, 4) is 5.75 Å². The smallest absolute Gasteiger partial charge is 0.243 e. The number of nitrogens with zero attached hydrogens (tertiary/aromatic N) is 1. The van der Waals surface area contributed by atoms with E-state index < -0.39 is 10.0 Å². The Morgan fingerprint density at radius 1 is 1.23 bits per heavy atom. The van der Waals surface area contributed by atoms with E-state index in [0.29, 0.717) is 12.4 Å². The topological polar surface area (TPSA) is 75.7 Å². The molecular weight excluding hydrogens is 352 g/mol. The molecule has 1 saturated carbocycles. The highest BCUT2D eigenvalue weighted by molar-refractivity contribution is 7.89. The van der Waals surface area contributed by atoms with Crippen LogP contribution in [0.15, 0.2) is 23.1 Å². The van der Waals surface area contributed by atoms with E-state index in [1.807, 2.05) is 13.8 Å². The van der Waals surface area contributed by atoms with Gasteiger partial charge in [0.15, 0.2) is 0 Å². The number of ether oxygens (including phenoxy) is 1. The Bertz CT molecular complexity index is 712. The van der Waals surface area contributed by atoms with Crippen LogP contribution in [0.25, 0.3) is 0 Å². The minimum Gasteiger partial charge on any atom is -0.494 e. The second kappa shape index (κ2) is 9.37. The first-order chi connectivity index (χ1) is 12.4. The number of nitrogens with one attached hydrogen (secondary N) is 1. The molecule has 26 heavy (non-hydrogen) atoms. The van der Waals surface area contributed by atoms with E-state index in [9.17, 15) is 13.2 Å². The Kier molecular flexibility index (Phi) is 7.46. The van der Waals surface area contributed by atoms with Gasteiger partial charge < -0.3 is 10.1 Å². The zero-order valence-corrected chi connectivity index (χ0v) is 16.8. The Morgan fingerprint density at radius 2 is 1.92 bits per heavy atom. The molecule has 0 aromatic heterocycles. The van der Waals surface area contributed by atoms with Crippen LogP contribution in [-0.4, -0.2) is 44.4 Å². The van der Waals surface area contributed by atoms with Crippen molar-refractivity contribution in [2.45, 2.75) is 63.8 Å². The molecule has 0 aliphatic heterocycles. The third-order valence-corrected chi connectivity index (χ3v) is 6.64. The number of aryl methyl sites for hydroxylation is 1. The number of carbonyl (C=O) groups excluding carboxylic acids is 1. The fraction of sp³-hybridized carbons (Fsp3) is 0.632. The number of hydrogen-bond acceptors (Lipinski definition) is 4. The molecule has 1 amide bonds. The maximum absolute atomic E-state index is 12.9. The van der Waals surface area contributed by atoms with Crippen molar-refractivity contribution < 1.29 is 17.9 Å². The van der Waals surface area contributed by atoms with Gasteiger partial charge >= 0.3 is 0 Å². The lowest BCUT2D eigenvalue weighted by Gasteiger charge is -2.25. The molecule has 0 unspecified atom stereocenters. The molecule has 7 heteroatoms. The largest absolute Gasteiger partial charge is 0.494 e. The number of likely N-dealkylation sites (N-methyl/N-ethyl adjacent to an activating group) is 1. The summed E-state index contributed by atoms with van der Waals surface area (Å²) in [5.41, 5.74) is 0.760. The van der Waals surface area contributed by atoms with E-state index in [-0.39, 0.29) is 29.9 Å². The quantitative estimate of drug-likeness (QED) is 0.750. The molecule has 1 aromatic rings. The SMILES string of the molecule is CCOc1ccc(S(=O)(=O)N(CC)CC(=O)NC2CCCCC2)cc1C. The first-order valence-corrected chi connectivity index (χ1v) is 10.9. The zero-order chi connectivity index (χ0) is 19.2. The van der Waals surface area contributed by atoms with Crippen molar-refractivity contribution in [2.75, 3.05) is 19.7 Å². The monoisotopic (exact) mass is 382 g/mol. The third-order valence-electron chi connectivity index (χ3n) is 4.73. The van der Waals surface area contributed by atoms with E-state index in [4.69, 9.17) is 4.74 Å². The molecule has 6 nitrogen and oxygen atoms in total. The zero-order valence-electron chi connectivity index (χ0n) is 16.0. The van der Waals surface area contributed by atoms with Crippen LogP contribution in [-0.2, 0) is 14.8 Å². The summed E-state index contributed by atoms with van der Waals surface area (Å²) in [6, 6.07) is 4.98. The van der Waals surface area contributed by atoms with Gasteiger partial charge in [0.25, 0.3) is 0 Å². The molecule has 0 radical (unpaired) electrons. The normalized spacial score (nSPS) is 15.8. The predicted octanol–water partition coefficient (Wildman–Crippen LogP) is 2.85. The molecule has 0 heterocycles. The maximum atomic E-state index is 12.9. The van der Waals surface area contributed by atoms with Crippen molar-refractivity contribution in [1.29, 1.82) is 0 Å². The molecule has 0 bridgehead atoms. The minimum atomic E-state index is -3.72. The molecule has 1 fully saturated rings. The Labute approximate surface area is 157 Å². The minimum absolute atomic E-state index is 0.151. The van der Waals surface area contributed by atoms with Gasteiger partial charge in [-0.15, -0.1) is 0 Å². The summed E-state index contributed by atoms with van der Waals surface area (Å²) < 4.78 is 32.5. The molecule has 1 aliphatic rings. The molecule has 146 valence electrons. The van der Waals surface area contributed by atoms with Crippen molar-refractivity contribution >= 4 is 15.9 Å². The van der Waals surface area contributed by atoms with Crippen LogP contribution >= 0.6 is 0 Å². The highest BCUT2D eigenvalue weighted by atomic mass is 32.2. The first kappa shape index (κ1) is 20.7. The molecule has 2 rings (SSSR count). The van der Waals surface area contributed by atoms with Crippen LogP contribution in [0.3, 0.4) is 0 Å². The summed E-state index contributed by atoms with van der Waals surface area (Å²) in [4.78, 5) is 12.5. The van der Waals surface area contributed by atoms with Gasteiger partial charge in [0.05, 0.1) is 18.0 Å². The van der Waals surface area contributed by atoms with Crippen molar-refractivity contribution in [3.63, 3.8) is 0 Å². The molecule has 1 aliphatic carbocycles. The summed E-state index contributed by atoms with van der Waals surface area (Å²) in [5, 5.41) is 2.98. The van der Waals surface area contributed by atoms with Gasteiger partial charge in [-0.3, -0.25) is 4.79 Å². The van der Waals surface area contributed by atoms with E-state index in [0.717, 1.165) is 31.2 Å². The van der Waals surface area contributed by atoms with Crippen molar-refractivity contribution in [2.24, 2.45) is 0 Å². The molecular formula is C19H30N2O4S. The number of sulfonamides is 1. The lowest BCUT2D eigenvalue weighted by Crippen LogP contribution is -2.44. The Morgan fingerprint density at radius 3 is 2.50 bits per heavy atom. The lowest BCUT2D eigenvalue weighted by atomic mass is 9.95. The van der Waals surface area contributed by atoms with Crippen LogP contribution in [0.2, 0.25) is 0 Å². The number of rotatable bonds is 8. The highest BCUT2D eigenvalue weighted by Crippen LogP contribution is 2.24. The second-order valence-corrected chi connectivity index (χ2v) is 8.63. The molecule has 0 atom stereocenters. The van der Waals surface area contributed by atoms with Crippen molar-refractivity contribution in [1.82, 2.24) is 9.62 Å². The fourth-order valence-electron chi connectivity index (χ4n) is 3.30. The summed E-state index contributed by atoms with van der Waals surface area (Å²) in [7, 11) is -3.72. The highest BCUT2D eigenvalue weighted by Gasteiger charge is 2.27. The van der Waals surface area contributed by atoms with E-state index in [2.05, 4.69) is 5.32 Å². The van der Waals surface area contributed by atoms with Crippen LogP contribution in [0.5, 0.6) is 5.75 Å². The molecule has 1 N–H and O–H groups in total. The van der Waals surface area contributed by atoms with Gasteiger partial charge in [0.2, 0.25) is 15.9 Å². The summed E-state index contributed by atoms with van der Waals surface area (Å²) >= 11 is 0. The second-order valence-electron chi connectivity index (χ2n) is 6.69. The summed E-state index contributed by atoms with van der Waals surface area (Å²) in [5.74, 6) is 0.439. The van der Waals surface area contributed by atoms with Crippen LogP contribution < -0.4 is 10.1 Å². The van der Waals surface area contributed by atoms with Gasteiger partial charge in [-0.05, 0) is 50.5 Å². The maximum Gasteiger partial charge on any atom is 0.243 e. The predicted molar refractivity (Wildman–Crippen MR) is 102 cm³/mol. The lowest BCUT2D eigenvalue weighted by molar-refractivity contribution is -0.122. The number of benzene rings is 1. The summed E-state index contributed by atoms with van der Waals surface area (Å²) in [6.07, 6.45) is 5.39. The van der Waals surface area contributed by atoms with Crippen LogP contribution in [0.4, 0.5) is 0 Å². The van der Waals surface area contributed by atoms with Gasteiger partial charge in [-0.25, -0.2) is 8.42 Å².